The SMILES string of the molecule is N#CNc1ccccc1-c1ccc(Cl)cc1. The molecule has 0 aliphatic rings. The summed E-state index contributed by atoms with van der Waals surface area (Å²) in [5.41, 5.74) is 2.82. The van der Waals surface area contributed by atoms with E-state index in [1.165, 1.54) is 0 Å². The van der Waals surface area contributed by atoms with Crippen LogP contribution in [0.15, 0.2) is 48.5 Å². The summed E-state index contributed by atoms with van der Waals surface area (Å²) in [5.74, 6) is 0. The molecular weight excluding hydrogens is 220 g/mol. The van der Waals surface area contributed by atoms with Gasteiger partial charge in [-0.15, -0.1) is 0 Å². The number of hydrogen-bond donors (Lipinski definition) is 1. The molecule has 0 radical (unpaired) electrons. The normalized spacial score (nSPS) is 9.50. The van der Waals surface area contributed by atoms with E-state index in [-0.39, 0.29) is 0 Å². The third-order valence-corrected chi connectivity index (χ3v) is 2.52. The molecule has 2 nitrogen and oxygen atoms in total. The molecule has 2 aromatic carbocycles. The average Bonchev–Trinajstić information content (AvgIpc) is 2.32. The molecule has 0 spiro atoms. The summed E-state index contributed by atoms with van der Waals surface area (Å²) >= 11 is 5.83. The molecule has 0 saturated carbocycles. The molecule has 0 heterocycles. The van der Waals surface area contributed by atoms with Gasteiger partial charge in [-0.3, -0.25) is 5.32 Å². The molecule has 0 unspecified atom stereocenters. The smallest absolute Gasteiger partial charge is 0.181 e. The van der Waals surface area contributed by atoms with E-state index in [1.54, 1.807) is 0 Å². The lowest BCUT2D eigenvalue weighted by molar-refractivity contribution is 1.47. The molecule has 16 heavy (non-hydrogen) atoms. The van der Waals surface area contributed by atoms with Crippen molar-refractivity contribution in [2.45, 2.75) is 0 Å². The highest BCUT2D eigenvalue weighted by molar-refractivity contribution is 6.30. The number of rotatable bonds is 2. The van der Waals surface area contributed by atoms with Crippen LogP contribution in [0.5, 0.6) is 0 Å². The summed E-state index contributed by atoms with van der Waals surface area (Å²) in [7, 11) is 0. The predicted molar refractivity (Wildman–Crippen MR) is 66.1 cm³/mol. The van der Waals surface area contributed by atoms with Crippen LogP contribution >= 0.6 is 11.6 Å². The Labute approximate surface area is 99.1 Å². The Morgan fingerprint density at radius 2 is 1.69 bits per heavy atom. The third kappa shape index (κ3) is 2.16. The van der Waals surface area contributed by atoms with Gasteiger partial charge in [0.15, 0.2) is 6.19 Å². The van der Waals surface area contributed by atoms with Gasteiger partial charge in [0.05, 0.1) is 5.69 Å². The van der Waals surface area contributed by atoms with Crippen LogP contribution in [0.1, 0.15) is 0 Å². The second-order valence-corrected chi connectivity index (χ2v) is 3.73. The number of halogens is 1. The van der Waals surface area contributed by atoms with E-state index >= 15 is 0 Å². The van der Waals surface area contributed by atoms with Crippen LogP contribution in [-0.2, 0) is 0 Å². The van der Waals surface area contributed by atoms with E-state index in [9.17, 15) is 0 Å². The highest BCUT2D eigenvalue weighted by Crippen LogP contribution is 2.28. The zero-order valence-electron chi connectivity index (χ0n) is 8.44. The lowest BCUT2D eigenvalue weighted by Crippen LogP contribution is -1.90. The molecule has 0 saturated heterocycles. The number of benzene rings is 2. The van der Waals surface area contributed by atoms with Crippen LogP contribution in [-0.4, -0.2) is 0 Å². The first-order valence-electron chi connectivity index (χ1n) is 4.81. The number of nitrogens with zero attached hydrogens (tertiary/aromatic N) is 1. The highest BCUT2D eigenvalue weighted by Gasteiger charge is 2.03. The first-order chi connectivity index (χ1) is 7.81. The van der Waals surface area contributed by atoms with Crippen molar-refractivity contribution in [3.63, 3.8) is 0 Å². The average molecular weight is 229 g/mol. The van der Waals surface area contributed by atoms with E-state index in [0.29, 0.717) is 5.02 Å². The molecule has 1 N–H and O–H groups in total. The minimum atomic E-state index is 0.703. The van der Waals surface area contributed by atoms with E-state index in [2.05, 4.69) is 5.32 Å². The van der Waals surface area contributed by atoms with Crippen LogP contribution in [0.3, 0.4) is 0 Å². The Bertz CT molecular complexity index is 526. The van der Waals surface area contributed by atoms with Crippen molar-refractivity contribution in [3.8, 4) is 17.3 Å². The molecule has 0 aromatic heterocycles. The largest absolute Gasteiger partial charge is 0.292 e. The van der Waals surface area contributed by atoms with Gasteiger partial charge in [0.2, 0.25) is 0 Å². The Morgan fingerprint density at radius 1 is 1.00 bits per heavy atom. The van der Waals surface area contributed by atoms with Gasteiger partial charge < -0.3 is 0 Å². The molecule has 0 aliphatic heterocycles. The maximum Gasteiger partial charge on any atom is 0.181 e. The second kappa shape index (κ2) is 4.69. The molecular formula is C13H9ClN2. The van der Waals surface area contributed by atoms with Gasteiger partial charge in [-0.25, -0.2) is 0 Å². The minimum absolute atomic E-state index is 0.703. The van der Waals surface area contributed by atoms with Crippen LogP contribution in [0.25, 0.3) is 11.1 Å². The van der Waals surface area contributed by atoms with Crippen molar-refractivity contribution in [1.82, 2.24) is 0 Å². The van der Waals surface area contributed by atoms with Crippen molar-refractivity contribution >= 4 is 17.3 Å². The van der Waals surface area contributed by atoms with Crippen molar-refractivity contribution in [2.24, 2.45) is 0 Å². The molecule has 2 rings (SSSR count). The lowest BCUT2D eigenvalue weighted by atomic mass is 10.0. The van der Waals surface area contributed by atoms with E-state index in [4.69, 9.17) is 16.9 Å². The molecule has 3 heteroatoms. The summed E-state index contributed by atoms with van der Waals surface area (Å²) in [5, 5.41) is 12.0. The summed E-state index contributed by atoms with van der Waals surface area (Å²) in [6, 6.07) is 15.2. The Morgan fingerprint density at radius 3 is 2.38 bits per heavy atom. The third-order valence-electron chi connectivity index (χ3n) is 2.27. The fourth-order valence-electron chi connectivity index (χ4n) is 1.53. The Hall–Kier alpha value is -1.98. The lowest BCUT2D eigenvalue weighted by Gasteiger charge is -2.07. The van der Waals surface area contributed by atoms with Crippen molar-refractivity contribution < 1.29 is 0 Å². The van der Waals surface area contributed by atoms with E-state index < -0.39 is 0 Å². The maximum absolute atomic E-state index is 8.65. The van der Waals surface area contributed by atoms with E-state index in [1.807, 2.05) is 54.7 Å². The van der Waals surface area contributed by atoms with Gasteiger partial charge in [0.25, 0.3) is 0 Å². The summed E-state index contributed by atoms with van der Waals surface area (Å²) < 4.78 is 0. The maximum atomic E-state index is 8.65. The summed E-state index contributed by atoms with van der Waals surface area (Å²) in [6.45, 7) is 0. The number of para-hydroxylation sites is 1. The van der Waals surface area contributed by atoms with Crippen LogP contribution < -0.4 is 5.32 Å². The van der Waals surface area contributed by atoms with Gasteiger partial charge in [-0.05, 0) is 23.8 Å². The van der Waals surface area contributed by atoms with E-state index in [0.717, 1.165) is 16.8 Å². The molecule has 78 valence electrons. The Kier molecular flexibility index (Phi) is 3.09. The molecule has 0 fully saturated rings. The number of nitriles is 1. The zero-order chi connectivity index (χ0) is 11.4. The number of anilines is 1. The van der Waals surface area contributed by atoms with Crippen molar-refractivity contribution in [2.75, 3.05) is 5.32 Å². The predicted octanol–water partition coefficient (Wildman–Crippen LogP) is 3.90. The standard InChI is InChI=1S/C13H9ClN2/c14-11-7-5-10(6-8-11)12-3-1-2-4-13(12)16-9-15/h1-8,16H. The molecule has 0 amide bonds. The topological polar surface area (TPSA) is 35.8 Å². The minimum Gasteiger partial charge on any atom is -0.292 e. The zero-order valence-corrected chi connectivity index (χ0v) is 9.20. The van der Waals surface area contributed by atoms with Crippen LogP contribution in [0.4, 0.5) is 5.69 Å². The fraction of sp³-hybridized carbons (Fsp3) is 0. The Balaban J connectivity index is 2.47. The van der Waals surface area contributed by atoms with Gasteiger partial charge in [-0.2, -0.15) is 5.26 Å². The highest BCUT2D eigenvalue weighted by atomic mass is 35.5. The van der Waals surface area contributed by atoms with Gasteiger partial charge in [-0.1, -0.05) is 41.9 Å². The molecule has 0 atom stereocenters. The fourth-order valence-corrected chi connectivity index (χ4v) is 1.66. The van der Waals surface area contributed by atoms with Crippen molar-refractivity contribution in [3.05, 3.63) is 53.6 Å². The van der Waals surface area contributed by atoms with Gasteiger partial charge >= 0.3 is 0 Å². The quantitative estimate of drug-likeness (QED) is 0.625. The number of nitrogens with one attached hydrogen (secondary N) is 1. The van der Waals surface area contributed by atoms with Gasteiger partial charge in [0.1, 0.15) is 0 Å². The summed E-state index contributed by atoms with van der Waals surface area (Å²) in [6.07, 6.45) is 1.93. The first-order valence-corrected chi connectivity index (χ1v) is 5.19. The first kappa shape index (κ1) is 10.5. The molecule has 0 bridgehead atoms. The number of hydrogen-bond acceptors (Lipinski definition) is 2. The summed E-state index contributed by atoms with van der Waals surface area (Å²) in [4.78, 5) is 0. The van der Waals surface area contributed by atoms with Crippen LogP contribution in [0.2, 0.25) is 5.02 Å². The van der Waals surface area contributed by atoms with Crippen LogP contribution in [0, 0.1) is 11.5 Å². The van der Waals surface area contributed by atoms with Crippen molar-refractivity contribution in [1.29, 1.82) is 5.26 Å². The van der Waals surface area contributed by atoms with Gasteiger partial charge in [0, 0.05) is 10.6 Å². The molecule has 0 aliphatic carbocycles. The second-order valence-electron chi connectivity index (χ2n) is 3.29. The monoisotopic (exact) mass is 228 g/mol. The molecule has 2 aromatic rings.